The van der Waals surface area contributed by atoms with E-state index >= 15 is 0 Å². The van der Waals surface area contributed by atoms with Crippen molar-refractivity contribution in [3.05, 3.63) is 48.3 Å². The second-order valence-corrected chi connectivity index (χ2v) is 4.09. The number of H-pyrrole nitrogens is 1. The van der Waals surface area contributed by atoms with Gasteiger partial charge in [0.15, 0.2) is 0 Å². The topological polar surface area (TPSA) is 67.9 Å². The average molecular weight is 253 g/mol. The Kier molecular flexibility index (Phi) is 2.72. The van der Waals surface area contributed by atoms with E-state index in [0.29, 0.717) is 5.56 Å². The van der Waals surface area contributed by atoms with Gasteiger partial charge in [0.05, 0.1) is 30.1 Å². The van der Waals surface area contributed by atoms with Crippen molar-refractivity contribution < 1.29 is 9.53 Å². The molecule has 0 fully saturated rings. The molecule has 3 aromatic rings. The molecule has 1 aromatic carbocycles. The Balaban J connectivity index is 2.07. The molecule has 0 bridgehead atoms. The molecule has 5 nitrogen and oxygen atoms in total. The molecule has 0 atom stereocenters. The number of aromatic amines is 1. The highest BCUT2D eigenvalue weighted by Gasteiger charge is 2.08. The lowest BCUT2D eigenvalue weighted by Gasteiger charge is -2.03. The number of fused-ring (bicyclic) bond motifs is 1. The van der Waals surface area contributed by atoms with E-state index < -0.39 is 0 Å². The molecule has 0 amide bonds. The van der Waals surface area contributed by atoms with Crippen LogP contribution >= 0.6 is 0 Å². The number of aromatic nitrogens is 3. The average Bonchev–Trinajstić information content (AvgIpc) is 2.94. The molecule has 3 rings (SSSR count). The van der Waals surface area contributed by atoms with Gasteiger partial charge in [0.2, 0.25) is 0 Å². The lowest BCUT2D eigenvalue weighted by molar-refractivity contribution is 0.0600. The number of hydrogen-bond donors (Lipinski definition) is 1. The molecular weight excluding hydrogens is 242 g/mol. The Morgan fingerprint density at radius 1 is 1.26 bits per heavy atom. The van der Waals surface area contributed by atoms with Crippen molar-refractivity contribution in [1.82, 2.24) is 15.2 Å². The van der Waals surface area contributed by atoms with Gasteiger partial charge in [-0.25, -0.2) is 4.79 Å². The van der Waals surface area contributed by atoms with Crippen molar-refractivity contribution in [3.8, 4) is 11.3 Å². The first-order chi connectivity index (χ1) is 9.28. The fraction of sp³-hybridized carbons (Fsp3) is 0.0714. The molecule has 0 aliphatic rings. The molecule has 0 spiro atoms. The fourth-order valence-electron chi connectivity index (χ4n) is 1.94. The second kappa shape index (κ2) is 4.53. The van der Waals surface area contributed by atoms with Gasteiger partial charge in [-0.2, -0.15) is 5.10 Å². The van der Waals surface area contributed by atoms with E-state index in [9.17, 15) is 4.79 Å². The summed E-state index contributed by atoms with van der Waals surface area (Å²) in [5.41, 5.74) is 3.11. The van der Waals surface area contributed by atoms with Crippen molar-refractivity contribution in [1.29, 1.82) is 0 Å². The number of nitrogens with zero attached hydrogens (tertiary/aromatic N) is 2. The predicted octanol–water partition coefficient (Wildman–Crippen LogP) is 2.41. The van der Waals surface area contributed by atoms with Gasteiger partial charge in [-0.3, -0.25) is 10.1 Å². The molecule has 0 saturated heterocycles. The number of nitrogens with one attached hydrogen (secondary N) is 1. The van der Waals surface area contributed by atoms with Crippen LogP contribution in [0.15, 0.2) is 42.7 Å². The predicted molar refractivity (Wildman–Crippen MR) is 70.7 cm³/mol. The van der Waals surface area contributed by atoms with E-state index in [4.69, 9.17) is 4.74 Å². The number of hydrogen-bond acceptors (Lipinski definition) is 4. The van der Waals surface area contributed by atoms with Crippen LogP contribution in [0.1, 0.15) is 10.4 Å². The highest BCUT2D eigenvalue weighted by molar-refractivity contribution is 5.91. The first-order valence-corrected chi connectivity index (χ1v) is 5.76. The molecule has 5 heteroatoms. The first-order valence-electron chi connectivity index (χ1n) is 5.76. The quantitative estimate of drug-likeness (QED) is 0.712. The third kappa shape index (κ3) is 2.06. The Morgan fingerprint density at radius 2 is 2.16 bits per heavy atom. The van der Waals surface area contributed by atoms with E-state index in [1.807, 2.05) is 18.2 Å². The van der Waals surface area contributed by atoms with Crippen LogP contribution in [0.25, 0.3) is 22.2 Å². The summed E-state index contributed by atoms with van der Waals surface area (Å²) >= 11 is 0. The standard InChI is InChI=1S/C14H11N3O2/c1-19-14(18)10-4-5-15-13(7-10)9-2-3-12-11(6-9)8-16-17-12/h2-8H,1H3,(H,16,17). The van der Waals surface area contributed by atoms with E-state index in [1.54, 1.807) is 24.5 Å². The summed E-state index contributed by atoms with van der Waals surface area (Å²) in [7, 11) is 1.36. The zero-order chi connectivity index (χ0) is 13.2. The fourth-order valence-corrected chi connectivity index (χ4v) is 1.94. The Hall–Kier alpha value is -2.69. The minimum absolute atomic E-state index is 0.368. The summed E-state index contributed by atoms with van der Waals surface area (Å²) in [6.07, 6.45) is 3.35. The smallest absolute Gasteiger partial charge is 0.337 e. The first kappa shape index (κ1) is 11.4. The van der Waals surface area contributed by atoms with Crippen LogP contribution in [0.3, 0.4) is 0 Å². The normalized spacial score (nSPS) is 10.6. The summed E-state index contributed by atoms with van der Waals surface area (Å²) in [6.45, 7) is 0. The third-order valence-electron chi connectivity index (χ3n) is 2.92. The van der Waals surface area contributed by atoms with Gasteiger partial charge in [0, 0.05) is 17.1 Å². The molecule has 94 valence electrons. The SMILES string of the molecule is COC(=O)c1ccnc(-c2ccc3[nH]ncc3c2)c1. The summed E-state index contributed by atoms with van der Waals surface area (Å²) < 4.78 is 4.70. The van der Waals surface area contributed by atoms with E-state index in [1.165, 1.54) is 7.11 Å². The van der Waals surface area contributed by atoms with Crippen molar-refractivity contribution >= 4 is 16.9 Å². The zero-order valence-corrected chi connectivity index (χ0v) is 10.3. The third-order valence-corrected chi connectivity index (χ3v) is 2.92. The van der Waals surface area contributed by atoms with Crippen molar-refractivity contribution in [2.75, 3.05) is 7.11 Å². The van der Waals surface area contributed by atoms with E-state index in [0.717, 1.165) is 22.2 Å². The van der Waals surface area contributed by atoms with Crippen molar-refractivity contribution in [3.63, 3.8) is 0 Å². The van der Waals surface area contributed by atoms with Crippen LogP contribution in [0.5, 0.6) is 0 Å². The highest BCUT2D eigenvalue weighted by atomic mass is 16.5. The molecule has 19 heavy (non-hydrogen) atoms. The molecule has 1 N–H and O–H groups in total. The number of rotatable bonds is 2. The highest BCUT2D eigenvalue weighted by Crippen LogP contribution is 2.22. The van der Waals surface area contributed by atoms with Gasteiger partial charge in [0.1, 0.15) is 0 Å². The maximum atomic E-state index is 11.5. The molecule has 0 aliphatic heterocycles. The van der Waals surface area contributed by atoms with Crippen LogP contribution < -0.4 is 0 Å². The molecule has 2 heterocycles. The van der Waals surface area contributed by atoms with Gasteiger partial charge in [-0.1, -0.05) is 6.07 Å². The monoisotopic (exact) mass is 253 g/mol. The van der Waals surface area contributed by atoms with Gasteiger partial charge in [-0.15, -0.1) is 0 Å². The number of ether oxygens (including phenoxy) is 1. The van der Waals surface area contributed by atoms with Crippen LogP contribution in [-0.4, -0.2) is 28.3 Å². The van der Waals surface area contributed by atoms with Gasteiger partial charge < -0.3 is 4.74 Å². The molecule has 0 aliphatic carbocycles. The number of methoxy groups -OCH3 is 1. The molecule has 0 radical (unpaired) electrons. The largest absolute Gasteiger partial charge is 0.465 e. The number of carbonyl (C=O) groups excluding carboxylic acids is 1. The van der Waals surface area contributed by atoms with Crippen LogP contribution in [-0.2, 0) is 4.74 Å². The van der Waals surface area contributed by atoms with Gasteiger partial charge in [0.25, 0.3) is 0 Å². The van der Waals surface area contributed by atoms with E-state index in [-0.39, 0.29) is 5.97 Å². The molecular formula is C14H11N3O2. The number of esters is 1. The van der Waals surface area contributed by atoms with Gasteiger partial charge in [-0.05, 0) is 24.3 Å². The van der Waals surface area contributed by atoms with Crippen LogP contribution in [0.4, 0.5) is 0 Å². The summed E-state index contributed by atoms with van der Waals surface area (Å²) in [5, 5.41) is 7.87. The zero-order valence-electron chi connectivity index (χ0n) is 10.3. The summed E-state index contributed by atoms with van der Waals surface area (Å²) in [4.78, 5) is 15.8. The van der Waals surface area contributed by atoms with Crippen molar-refractivity contribution in [2.24, 2.45) is 0 Å². The minimum Gasteiger partial charge on any atom is -0.465 e. The summed E-state index contributed by atoms with van der Waals surface area (Å²) in [6, 6.07) is 9.19. The number of pyridine rings is 1. The van der Waals surface area contributed by atoms with Gasteiger partial charge >= 0.3 is 5.97 Å². The minimum atomic E-state index is -0.368. The molecule has 0 unspecified atom stereocenters. The maximum absolute atomic E-state index is 11.5. The molecule has 2 aromatic heterocycles. The van der Waals surface area contributed by atoms with Crippen LogP contribution in [0, 0.1) is 0 Å². The van der Waals surface area contributed by atoms with E-state index in [2.05, 4.69) is 15.2 Å². The second-order valence-electron chi connectivity index (χ2n) is 4.09. The maximum Gasteiger partial charge on any atom is 0.337 e. The summed E-state index contributed by atoms with van der Waals surface area (Å²) in [5.74, 6) is -0.368. The molecule has 0 saturated carbocycles. The lowest BCUT2D eigenvalue weighted by atomic mass is 10.1. The Bertz CT molecular complexity index is 749. The lowest BCUT2D eigenvalue weighted by Crippen LogP contribution is -2.01. The number of benzene rings is 1. The van der Waals surface area contributed by atoms with Crippen molar-refractivity contribution in [2.45, 2.75) is 0 Å². The van der Waals surface area contributed by atoms with Crippen LogP contribution in [0.2, 0.25) is 0 Å². The number of carbonyl (C=O) groups is 1. The Labute approximate surface area is 109 Å². The Morgan fingerprint density at radius 3 is 3.00 bits per heavy atom.